The number of benzene rings is 2. The SMILES string of the molecule is Cc1ccc(C(=O)OC(C)(C)C(=O)OC(Cc2c(Cl)cncc2Cl)c2ccc(OC(F)F)c(OCC3CC3)c2)cc1OCC1CC1. The van der Waals surface area contributed by atoms with Gasteiger partial charge in [0, 0.05) is 18.8 Å². The largest absolute Gasteiger partial charge is 0.493 e. The first-order valence-corrected chi connectivity index (χ1v) is 15.8. The van der Waals surface area contributed by atoms with E-state index in [0.717, 1.165) is 31.2 Å². The minimum Gasteiger partial charge on any atom is -0.493 e. The number of hydrogen-bond donors (Lipinski definition) is 0. The molecule has 0 amide bonds. The summed E-state index contributed by atoms with van der Waals surface area (Å²) >= 11 is 12.8. The second-order valence-corrected chi connectivity index (χ2v) is 13.0. The van der Waals surface area contributed by atoms with Gasteiger partial charge in [-0.1, -0.05) is 35.3 Å². The van der Waals surface area contributed by atoms with Crippen molar-refractivity contribution >= 4 is 35.1 Å². The summed E-state index contributed by atoms with van der Waals surface area (Å²) in [6.07, 6.45) is 5.97. The standard InChI is InChI=1S/C34H35Cl2F2NO7/c1-19-4-9-23(13-28(19)42-17-20-5-6-20)31(40)46-34(2,3)32(41)44-29(14-24-25(35)15-39-16-26(24)36)22-10-11-27(45-33(37)38)30(12-22)43-18-21-7-8-21/h4,9-13,15-16,20-21,29,33H,5-8,14,17-18H2,1-3H3. The third-order valence-corrected chi connectivity index (χ3v) is 8.40. The summed E-state index contributed by atoms with van der Waals surface area (Å²) in [5.74, 6) is -0.248. The Labute approximate surface area is 276 Å². The van der Waals surface area contributed by atoms with Crippen LogP contribution in [0, 0.1) is 18.8 Å². The van der Waals surface area contributed by atoms with Crippen molar-refractivity contribution in [2.45, 2.75) is 71.2 Å². The van der Waals surface area contributed by atoms with Crippen molar-refractivity contribution in [1.82, 2.24) is 4.98 Å². The van der Waals surface area contributed by atoms with Crippen LogP contribution in [0.1, 0.15) is 72.7 Å². The maximum absolute atomic E-state index is 13.6. The van der Waals surface area contributed by atoms with Crippen LogP contribution in [0.4, 0.5) is 8.78 Å². The molecule has 8 nitrogen and oxygen atoms in total. The smallest absolute Gasteiger partial charge is 0.387 e. The Morgan fingerprint density at radius 2 is 1.54 bits per heavy atom. The number of nitrogens with zero attached hydrogens (tertiary/aromatic N) is 1. The van der Waals surface area contributed by atoms with Crippen LogP contribution in [0.15, 0.2) is 48.8 Å². The number of aryl methyl sites for hydroxylation is 1. The highest BCUT2D eigenvalue weighted by Gasteiger charge is 2.37. The van der Waals surface area contributed by atoms with Crippen molar-refractivity contribution < 1.29 is 42.1 Å². The van der Waals surface area contributed by atoms with E-state index >= 15 is 0 Å². The molecule has 2 aliphatic carbocycles. The van der Waals surface area contributed by atoms with Crippen LogP contribution < -0.4 is 14.2 Å². The molecule has 2 aliphatic rings. The van der Waals surface area contributed by atoms with Crippen LogP contribution in [-0.4, -0.2) is 42.3 Å². The van der Waals surface area contributed by atoms with Crippen LogP contribution in [0.2, 0.25) is 10.0 Å². The van der Waals surface area contributed by atoms with Crippen molar-refractivity contribution in [3.8, 4) is 17.2 Å². The summed E-state index contributed by atoms with van der Waals surface area (Å²) in [4.78, 5) is 30.8. The Bertz CT molecular complexity index is 1560. The van der Waals surface area contributed by atoms with Crippen LogP contribution in [0.5, 0.6) is 17.2 Å². The lowest BCUT2D eigenvalue weighted by Crippen LogP contribution is -2.39. The molecular weight excluding hydrogens is 643 g/mol. The molecule has 0 N–H and O–H groups in total. The monoisotopic (exact) mass is 677 g/mol. The van der Waals surface area contributed by atoms with E-state index in [9.17, 15) is 18.4 Å². The highest BCUT2D eigenvalue weighted by molar-refractivity contribution is 6.35. The van der Waals surface area contributed by atoms with Crippen LogP contribution in [-0.2, 0) is 20.7 Å². The third kappa shape index (κ3) is 9.00. The summed E-state index contributed by atoms with van der Waals surface area (Å²) in [5.41, 5.74) is 0.194. The zero-order valence-corrected chi connectivity index (χ0v) is 27.2. The van der Waals surface area contributed by atoms with E-state index in [1.165, 1.54) is 44.4 Å². The predicted molar refractivity (Wildman–Crippen MR) is 167 cm³/mol. The first kappa shape index (κ1) is 33.7. The predicted octanol–water partition coefficient (Wildman–Crippen LogP) is 8.34. The lowest BCUT2D eigenvalue weighted by atomic mass is 10.0. The molecule has 2 saturated carbocycles. The number of alkyl halides is 2. The number of hydrogen-bond acceptors (Lipinski definition) is 8. The van der Waals surface area contributed by atoms with E-state index in [1.54, 1.807) is 18.2 Å². The van der Waals surface area contributed by atoms with Gasteiger partial charge in [0.05, 0.1) is 28.8 Å². The molecule has 1 aromatic heterocycles. The highest BCUT2D eigenvalue weighted by Crippen LogP contribution is 2.38. The van der Waals surface area contributed by atoms with Crippen LogP contribution in [0.25, 0.3) is 0 Å². The topological polar surface area (TPSA) is 93.2 Å². The fraction of sp³-hybridized carbons (Fsp3) is 0.441. The zero-order valence-electron chi connectivity index (χ0n) is 25.7. The van der Waals surface area contributed by atoms with Gasteiger partial charge in [-0.2, -0.15) is 8.78 Å². The molecule has 3 aromatic rings. The molecular formula is C34H35Cl2F2NO7. The van der Waals surface area contributed by atoms with Gasteiger partial charge in [0.2, 0.25) is 5.60 Å². The molecule has 0 spiro atoms. The molecule has 12 heteroatoms. The Hall–Kier alpha value is -3.63. The molecule has 0 bridgehead atoms. The Morgan fingerprint density at radius 3 is 2.15 bits per heavy atom. The van der Waals surface area contributed by atoms with Gasteiger partial charge in [0.25, 0.3) is 0 Å². The van der Waals surface area contributed by atoms with Gasteiger partial charge >= 0.3 is 18.6 Å². The maximum Gasteiger partial charge on any atom is 0.387 e. The summed E-state index contributed by atoms with van der Waals surface area (Å²) in [5, 5.41) is 0.474. The summed E-state index contributed by atoms with van der Waals surface area (Å²) in [6.45, 7) is 2.55. The first-order chi connectivity index (χ1) is 21.9. The lowest BCUT2D eigenvalue weighted by Gasteiger charge is -2.27. The molecule has 2 fully saturated rings. The number of esters is 2. The van der Waals surface area contributed by atoms with E-state index in [0.29, 0.717) is 41.9 Å². The van der Waals surface area contributed by atoms with Gasteiger partial charge in [0.1, 0.15) is 11.9 Å². The van der Waals surface area contributed by atoms with Crippen molar-refractivity contribution in [1.29, 1.82) is 0 Å². The molecule has 2 aromatic carbocycles. The minimum absolute atomic E-state index is 0.00722. The van der Waals surface area contributed by atoms with Gasteiger partial charge in [-0.05, 0) is 99.2 Å². The molecule has 0 radical (unpaired) electrons. The fourth-order valence-electron chi connectivity index (χ4n) is 4.55. The molecule has 1 unspecified atom stereocenters. The average molecular weight is 679 g/mol. The van der Waals surface area contributed by atoms with E-state index in [1.807, 2.05) is 6.92 Å². The summed E-state index contributed by atoms with van der Waals surface area (Å²) < 4.78 is 54.3. The average Bonchev–Trinajstić information content (AvgIpc) is 3.93. The molecule has 1 atom stereocenters. The lowest BCUT2D eigenvalue weighted by molar-refractivity contribution is -0.168. The van der Waals surface area contributed by atoms with E-state index in [2.05, 4.69) is 9.72 Å². The molecule has 1 heterocycles. The molecule has 5 rings (SSSR count). The number of carbonyl (C=O) groups excluding carboxylic acids is 2. The third-order valence-electron chi connectivity index (χ3n) is 7.75. The fourth-order valence-corrected chi connectivity index (χ4v) is 5.07. The molecule has 246 valence electrons. The van der Waals surface area contributed by atoms with Crippen LogP contribution >= 0.6 is 23.2 Å². The number of pyridine rings is 1. The number of ether oxygens (including phenoxy) is 5. The second-order valence-electron chi connectivity index (χ2n) is 12.2. The molecule has 0 aliphatic heterocycles. The van der Waals surface area contributed by atoms with E-state index < -0.39 is 30.3 Å². The Morgan fingerprint density at radius 1 is 0.913 bits per heavy atom. The number of halogens is 4. The van der Waals surface area contributed by atoms with Crippen molar-refractivity contribution in [3.63, 3.8) is 0 Å². The zero-order chi connectivity index (χ0) is 33.0. The van der Waals surface area contributed by atoms with Gasteiger partial charge in [-0.3, -0.25) is 4.98 Å². The quantitative estimate of drug-likeness (QED) is 0.148. The maximum atomic E-state index is 13.6. The number of rotatable bonds is 15. The summed E-state index contributed by atoms with van der Waals surface area (Å²) in [6, 6.07) is 9.25. The van der Waals surface area contributed by atoms with Gasteiger partial charge in [-0.25, -0.2) is 9.59 Å². The van der Waals surface area contributed by atoms with Crippen molar-refractivity contribution in [2.75, 3.05) is 13.2 Å². The van der Waals surface area contributed by atoms with Crippen molar-refractivity contribution in [3.05, 3.63) is 81.1 Å². The van der Waals surface area contributed by atoms with Crippen LogP contribution in [0.3, 0.4) is 0 Å². The summed E-state index contributed by atoms with van der Waals surface area (Å²) in [7, 11) is 0. The Kier molecular flexibility index (Phi) is 10.6. The van der Waals surface area contributed by atoms with Gasteiger partial charge in [0.15, 0.2) is 11.5 Å². The first-order valence-electron chi connectivity index (χ1n) is 15.1. The number of carbonyl (C=O) groups is 2. The molecule has 46 heavy (non-hydrogen) atoms. The normalized spacial score (nSPS) is 15.3. The minimum atomic E-state index is -3.07. The second kappa shape index (κ2) is 14.4. The van der Waals surface area contributed by atoms with Crippen molar-refractivity contribution in [2.24, 2.45) is 11.8 Å². The Balaban J connectivity index is 1.38. The number of aromatic nitrogens is 1. The van der Waals surface area contributed by atoms with E-state index in [-0.39, 0.29) is 33.5 Å². The van der Waals surface area contributed by atoms with E-state index in [4.69, 9.17) is 42.1 Å². The van der Waals surface area contributed by atoms with Gasteiger partial charge < -0.3 is 23.7 Å². The molecule has 0 saturated heterocycles. The highest BCUT2D eigenvalue weighted by atomic mass is 35.5. The van der Waals surface area contributed by atoms with Gasteiger partial charge in [-0.15, -0.1) is 0 Å².